The second-order valence-corrected chi connectivity index (χ2v) is 11.2. The number of rotatable bonds is 10. The predicted octanol–water partition coefficient (Wildman–Crippen LogP) is 6.69. The van der Waals surface area contributed by atoms with E-state index in [4.69, 9.17) is 4.74 Å². The SMILES string of the molecule is CCN(CCc1ccc(OCCN2CCCCCC2)cc1)c1cc(O)ccc1C1CCc2cc(O)ccc2C1. The zero-order valence-corrected chi connectivity index (χ0v) is 23.4. The minimum absolute atomic E-state index is 0.315. The van der Waals surface area contributed by atoms with E-state index < -0.39 is 0 Å². The minimum Gasteiger partial charge on any atom is -0.508 e. The third-order valence-electron chi connectivity index (χ3n) is 8.56. The fourth-order valence-corrected chi connectivity index (χ4v) is 6.28. The number of benzene rings is 3. The highest BCUT2D eigenvalue weighted by Gasteiger charge is 2.24. The number of nitrogens with zero attached hydrogens (tertiary/aromatic N) is 2. The Balaban J connectivity index is 1.19. The molecule has 0 amide bonds. The van der Waals surface area contributed by atoms with Gasteiger partial charge in [0.15, 0.2) is 0 Å². The van der Waals surface area contributed by atoms with Gasteiger partial charge in [0, 0.05) is 31.4 Å². The zero-order chi connectivity index (χ0) is 27.0. The highest BCUT2D eigenvalue weighted by atomic mass is 16.5. The number of aryl methyl sites for hydroxylation is 1. The summed E-state index contributed by atoms with van der Waals surface area (Å²) in [5.74, 6) is 2.01. The van der Waals surface area contributed by atoms with Gasteiger partial charge in [0.05, 0.1) is 0 Å². The van der Waals surface area contributed by atoms with Crippen LogP contribution in [0.4, 0.5) is 5.69 Å². The fraction of sp³-hybridized carbons (Fsp3) is 0.471. The standard InChI is InChI=1S/C34H44N2O3/c1-2-36(20-17-26-7-14-32(15-8-26)39-22-21-35-18-5-3-4-6-19-35)34-25-31(38)13-16-33(34)29-10-9-28-24-30(37)12-11-27(28)23-29/h7-8,11-16,24-25,29,37-38H,2-6,9-10,17-23H2,1H3. The molecule has 0 bridgehead atoms. The topological polar surface area (TPSA) is 56.2 Å². The highest BCUT2D eigenvalue weighted by molar-refractivity contribution is 5.59. The van der Waals surface area contributed by atoms with Crippen molar-refractivity contribution in [2.24, 2.45) is 0 Å². The molecule has 5 rings (SSSR count). The van der Waals surface area contributed by atoms with E-state index in [0.29, 0.717) is 17.4 Å². The molecule has 1 fully saturated rings. The second kappa shape index (κ2) is 13.3. The van der Waals surface area contributed by atoms with Crippen LogP contribution in [0.5, 0.6) is 17.2 Å². The normalized spacial score (nSPS) is 17.8. The summed E-state index contributed by atoms with van der Waals surface area (Å²) in [6, 6.07) is 20.2. The third-order valence-corrected chi connectivity index (χ3v) is 8.56. The predicted molar refractivity (Wildman–Crippen MR) is 159 cm³/mol. The molecule has 1 atom stereocenters. The van der Waals surface area contributed by atoms with Crippen molar-refractivity contribution < 1.29 is 14.9 Å². The van der Waals surface area contributed by atoms with Crippen molar-refractivity contribution in [2.75, 3.05) is 44.2 Å². The summed E-state index contributed by atoms with van der Waals surface area (Å²) in [5, 5.41) is 20.3. The molecule has 1 aliphatic heterocycles. The van der Waals surface area contributed by atoms with Crippen LogP contribution in [-0.4, -0.2) is 54.4 Å². The second-order valence-electron chi connectivity index (χ2n) is 11.2. The molecular formula is C34H44N2O3. The van der Waals surface area contributed by atoms with E-state index >= 15 is 0 Å². The first-order valence-electron chi connectivity index (χ1n) is 14.9. The van der Waals surface area contributed by atoms with E-state index in [1.807, 2.05) is 18.2 Å². The van der Waals surface area contributed by atoms with Gasteiger partial charge in [0.25, 0.3) is 0 Å². The molecule has 0 aromatic heterocycles. The van der Waals surface area contributed by atoms with Gasteiger partial charge in [-0.15, -0.1) is 0 Å². The van der Waals surface area contributed by atoms with Gasteiger partial charge in [-0.3, -0.25) is 4.90 Å². The first-order valence-corrected chi connectivity index (χ1v) is 14.9. The Bertz CT molecular complexity index is 1200. The van der Waals surface area contributed by atoms with Crippen LogP contribution in [0, 0.1) is 0 Å². The zero-order valence-electron chi connectivity index (χ0n) is 23.4. The molecule has 2 N–H and O–H groups in total. The lowest BCUT2D eigenvalue weighted by molar-refractivity contribution is 0.214. The molecule has 1 aliphatic carbocycles. The summed E-state index contributed by atoms with van der Waals surface area (Å²) in [6.45, 7) is 8.12. The average molecular weight is 529 g/mol. The van der Waals surface area contributed by atoms with Crippen LogP contribution >= 0.6 is 0 Å². The fourth-order valence-electron chi connectivity index (χ4n) is 6.28. The smallest absolute Gasteiger partial charge is 0.119 e. The van der Waals surface area contributed by atoms with Crippen LogP contribution in [0.25, 0.3) is 0 Å². The van der Waals surface area contributed by atoms with Crippen molar-refractivity contribution in [3.8, 4) is 17.2 Å². The Hall–Kier alpha value is -3.18. The van der Waals surface area contributed by atoms with Gasteiger partial charge in [0.2, 0.25) is 0 Å². The summed E-state index contributed by atoms with van der Waals surface area (Å²) in [7, 11) is 0. The summed E-state index contributed by atoms with van der Waals surface area (Å²) in [6.07, 6.45) is 9.26. The van der Waals surface area contributed by atoms with E-state index in [2.05, 4.69) is 53.1 Å². The molecule has 2 aliphatic rings. The minimum atomic E-state index is 0.315. The van der Waals surface area contributed by atoms with Crippen molar-refractivity contribution in [3.63, 3.8) is 0 Å². The number of phenolic OH excluding ortho intramolecular Hbond substituents is 2. The van der Waals surface area contributed by atoms with Crippen molar-refractivity contribution >= 4 is 5.69 Å². The molecule has 39 heavy (non-hydrogen) atoms. The van der Waals surface area contributed by atoms with Gasteiger partial charge in [-0.1, -0.05) is 37.1 Å². The number of hydrogen-bond acceptors (Lipinski definition) is 5. The van der Waals surface area contributed by atoms with Crippen LogP contribution in [0.1, 0.15) is 67.2 Å². The molecule has 5 heteroatoms. The van der Waals surface area contributed by atoms with E-state index in [-0.39, 0.29) is 0 Å². The number of likely N-dealkylation sites (N-methyl/N-ethyl adjacent to an activating group) is 1. The third kappa shape index (κ3) is 7.27. The Labute approximate surface area is 234 Å². The maximum absolute atomic E-state index is 10.4. The summed E-state index contributed by atoms with van der Waals surface area (Å²) >= 11 is 0. The van der Waals surface area contributed by atoms with Gasteiger partial charge >= 0.3 is 0 Å². The first-order chi connectivity index (χ1) is 19.1. The molecule has 0 radical (unpaired) electrons. The van der Waals surface area contributed by atoms with Crippen LogP contribution in [0.15, 0.2) is 60.7 Å². The number of hydrogen-bond donors (Lipinski definition) is 2. The van der Waals surface area contributed by atoms with Crippen molar-refractivity contribution in [2.45, 2.75) is 64.2 Å². The Morgan fingerprint density at radius 3 is 2.38 bits per heavy atom. The van der Waals surface area contributed by atoms with Crippen LogP contribution < -0.4 is 9.64 Å². The van der Waals surface area contributed by atoms with Crippen molar-refractivity contribution in [1.82, 2.24) is 4.90 Å². The number of aromatic hydroxyl groups is 2. The molecule has 208 valence electrons. The number of phenols is 2. The molecule has 1 saturated heterocycles. The molecule has 1 unspecified atom stereocenters. The summed E-state index contributed by atoms with van der Waals surface area (Å²) in [4.78, 5) is 4.93. The number of anilines is 1. The highest BCUT2D eigenvalue weighted by Crippen LogP contribution is 2.39. The van der Waals surface area contributed by atoms with Crippen LogP contribution in [-0.2, 0) is 19.3 Å². The van der Waals surface area contributed by atoms with E-state index in [1.54, 1.807) is 6.07 Å². The molecule has 3 aromatic rings. The van der Waals surface area contributed by atoms with Gasteiger partial charge in [0.1, 0.15) is 23.9 Å². The lowest BCUT2D eigenvalue weighted by Crippen LogP contribution is -2.29. The number of fused-ring (bicyclic) bond motifs is 1. The van der Waals surface area contributed by atoms with E-state index in [9.17, 15) is 10.2 Å². The van der Waals surface area contributed by atoms with Gasteiger partial charge in [-0.05, 0) is 117 Å². The summed E-state index contributed by atoms with van der Waals surface area (Å²) in [5.41, 5.74) is 6.31. The lowest BCUT2D eigenvalue weighted by atomic mass is 9.79. The summed E-state index contributed by atoms with van der Waals surface area (Å²) < 4.78 is 6.05. The Kier molecular flexibility index (Phi) is 9.31. The van der Waals surface area contributed by atoms with Gasteiger partial charge in [-0.25, -0.2) is 0 Å². The molecule has 0 spiro atoms. The van der Waals surface area contributed by atoms with Gasteiger partial charge < -0.3 is 19.8 Å². The quantitative estimate of drug-likeness (QED) is 0.307. The Morgan fingerprint density at radius 1 is 0.872 bits per heavy atom. The Morgan fingerprint density at radius 2 is 1.62 bits per heavy atom. The van der Waals surface area contributed by atoms with Crippen LogP contribution in [0.2, 0.25) is 0 Å². The largest absolute Gasteiger partial charge is 0.508 e. The van der Waals surface area contributed by atoms with E-state index in [1.165, 1.54) is 61.0 Å². The van der Waals surface area contributed by atoms with Crippen LogP contribution in [0.3, 0.4) is 0 Å². The van der Waals surface area contributed by atoms with Crippen molar-refractivity contribution in [1.29, 1.82) is 0 Å². The van der Waals surface area contributed by atoms with Gasteiger partial charge in [-0.2, -0.15) is 0 Å². The number of ether oxygens (including phenoxy) is 1. The molecule has 3 aromatic carbocycles. The monoisotopic (exact) mass is 528 g/mol. The molecule has 5 nitrogen and oxygen atoms in total. The average Bonchev–Trinajstić information content (AvgIpc) is 3.23. The van der Waals surface area contributed by atoms with Crippen molar-refractivity contribution in [3.05, 3.63) is 82.9 Å². The molecular weight excluding hydrogens is 484 g/mol. The first kappa shape index (κ1) is 27.4. The molecule has 1 heterocycles. The molecule has 0 saturated carbocycles. The number of likely N-dealkylation sites (tertiary alicyclic amines) is 1. The van der Waals surface area contributed by atoms with E-state index in [0.717, 1.165) is 63.4 Å². The maximum atomic E-state index is 10.4. The lowest BCUT2D eigenvalue weighted by Gasteiger charge is -2.31. The maximum Gasteiger partial charge on any atom is 0.119 e.